The van der Waals surface area contributed by atoms with Gasteiger partial charge in [0.15, 0.2) is 0 Å². The molecule has 4 heteroatoms. The van der Waals surface area contributed by atoms with Crippen LogP contribution >= 0.6 is 0 Å². The Morgan fingerprint density at radius 1 is 1.44 bits per heavy atom. The Balaban J connectivity index is 2.41. The molecule has 4 nitrogen and oxygen atoms in total. The summed E-state index contributed by atoms with van der Waals surface area (Å²) >= 11 is 0. The molecule has 1 atom stereocenters. The Hall–Kier alpha value is -1.29. The smallest absolute Gasteiger partial charge is 0.239 e. The predicted molar refractivity (Wildman–Crippen MR) is 74.2 cm³/mol. The molecular weight excluding hydrogens is 226 g/mol. The maximum absolute atomic E-state index is 11.6. The third kappa shape index (κ3) is 4.92. The van der Waals surface area contributed by atoms with Gasteiger partial charge in [-0.3, -0.25) is 4.79 Å². The van der Waals surface area contributed by atoms with E-state index in [2.05, 4.69) is 19.2 Å². The van der Waals surface area contributed by atoms with Gasteiger partial charge in [-0.2, -0.15) is 0 Å². The number of amides is 1. The second-order valence-corrected chi connectivity index (χ2v) is 4.72. The zero-order valence-corrected chi connectivity index (χ0v) is 11.5. The summed E-state index contributed by atoms with van der Waals surface area (Å²) in [5.41, 5.74) is 7.14. The van der Waals surface area contributed by atoms with Crippen molar-refractivity contribution in [2.45, 2.75) is 52.1 Å². The van der Waals surface area contributed by atoms with E-state index >= 15 is 0 Å². The van der Waals surface area contributed by atoms with Crippen molar-refractivity contribution in [3.8, 4) is 0 Å². The summed E-state index contributed by atoms with van der Waals surface area (Å²) < 4.78 is 1.89. The number of carbonyl (C=O) groups excluding carboxylic acids is 1. The molecule has 0 spiro atoms. The van der Waals surface area contributed by atoms with E-state index in [1.54, 1.807) is 0 Å². The van der Waals surface area contributed by atoms with Crippen molar-refractivity contribution < 1.29 is 4.79 Å². The zero-order chi connectivity index (χ0) is 13.4. The van der Waals surface area contributed by atoms with Crippen LogP contribution in [-0.2, 0) is 11.3 Å². The first-order valence-corrected chi connectivity index (χ1v) is 6.85. The standard InChI is InChI=1S/C14H25N3O/c1-3-5-8-16-14(18)11-17-9-7-12(10-17)13(15)6-4-2/h7,9-10,13H,3-6,8,11,15H2,1-2H3,(H,16,18). The van der Waals surface area contributed by atoms with Gasteiger partial charge in [0, 0.05) is 25.0 Å². The number of hydrogen-bond acceptors (Lipinski definition) is 2. The Morgan fingerprint density at radius 3 is 2.89 bits per heavy atom. The number of nitrogens with zero attached hydrogens (tertiary/aromatic N) is 1. The van der Waals surface area contributed by atoms with Crippen molar-refractivity contribution in [1.82, 2.24) is 9.88 Å². The van der Waals surface area contributed by atoms with Gasteiger partial charge < -0.3 is 15.6 Å². The summed E-state index contributed by atoms with van der Waals surface area (Å²) in [5.74, 6) is 0.0645. The molecule has 0 radical (unpaired) electrons. The van der Waals surface area contributed by atoms with Crippen LogP contribution in [0.1, 0.15) is 51.1 Å². The molecule has 0 saturated heterocycles. The van der Waals surface area contributed by atoms with Crippen LogP contribution in [0, 0.1) is 0 Å². The molecular formula is C14H25N3O. The van der Waals surface area contributed by atoms with Crippen molar-refractivity contribution >= 4 is 5.91 Å². The van der Waals surface area contributed by atoms with E-state index in [0.717, 1.165) is 37.8 Å². The van der Waals surface area contributed by atoms with E-state index in [0.29, 0.717) is 6.54 Å². The number of rotatable bonds is 8. The number of unbranched alkanes of at least 4 members (excludes halogenated alkanes) is 1. The Bertz CT molecular complexity index is 360. The largest absolute Gasteiger partial charge is 0.355 e. The second-order valence-electron chi connectivity index (χ2n) is 4.72. The lowest BCUT2D eigenvalue weighted by Crippen LogP contribution is -2.27. The highest BCUT2D eigenvalue weighted by molar-refractivity contribution is 5.75. The maximum atomic E-state index is 11.6. The molecule has 3 N–H and O–H groups in total. The minimum Gasteiger partial charge on any atom is -0.355 e. The minimum absolute atomic E-state index is 0.0645. The van der Waals surface area contributed by atoms with E-state index in [1.807, 2.05) is 23.0 Å². The van der Waals surface area contributed by atoms with E-state index in [9.17, 15) is 4.79 Å². The summed E-state index contributed by atoms with van der Waals surface area (Å²) in [4.78, 5) is 11.6. The molecule has 1 aromatic rings. The lowest BCUT2D eigenvalue weighted by molar-refractivity contribution is -0.121. The van der Waals surface area contributed by atoms with Gasteiger partial charge >= 0.3 is 0 Å². The molecule has 0 bridgehead atoms. The molecule has 0 aliphatic carbocycles. The van der Waals surface area contributed by atoms with Gasteiger partial charge in [0.25, 0.3) is 0 Å². The van der Waals surface area contributed by atoms with Gasteiger partial charge in [0.2, 0.25) is 5.91 Å². The Morgan fingerprint density at radius 2 is 2.22 bits per heavy atom. The minimum atomic E-state index is 0.0645. The van der Waals surface area contributed by atoms with Crippen LogP contribution in [0.4, 0.5) is 0 Å². The summed E-state index contributed by atoms with van der Waals surface area (Å²) in [6.45, 7) is 5.37. The SMILES string of the molecule is CCCCNC(=O)Cn1ccc(C(N)CCC)c1. The number of nitrogens with two attached hydrogens (primary N) is 1. The Labute approximate surface area is 110 Å². The average Bonchev–Trinajstić information content (AvgIpc) is 2.78. The molecule has 1 amide bonds. The first-order chi connectivity index (χ1) is 8.67. The molecule has 0 aliphatic rings. The molecule has 0 aliphatic heterocycles. The summed E-state index contributed by atoms with van der Waals surface area (Å²) in [7, 11) is 0. The predicted octanol–water partition coefficient (Wildman–Crippen LogP) is 2.20. The summed E-state index contributed by atoms with van der Waals surface area (Å²) in [6, 6.07) is 2.08. The topological polar surface area (TPSA) is 60.0 Å². The molecule has 0 aromatic carbocycles. The van der Waals surface area contributed by atoms with E-state index in [4.69, 9.17) is 5.73 Å². The molecule has 102 valence electrons. The van der Waals surface area contributed by atoms with Gasteiger partial charge in [-0.05, 0) is 24.5 Å². The number of aromatic nitrogens is 1. The molecule has 1 unspecified atom stereocenters. The van der Waals surface area contributed by atoms with Crippen molar-refractivity contribution in [2.75, 3.05) is 6.54 Å². The van der Waals surface area contributed by atoms with Crippen LogP contribution in [-0.4, -0.2) is 17.0 Å². The third-order valence-corrected chi connectivity index (χ3v) is 2.98. The van der Waals surface area contributed by atoms with Crippen molar-refractivity contribution in [1.29, 1.82) is 0 Å². The first kappa shape index (κ1) is 14.8. The summed E-state index contributed by atoms with van der Waals surface area (Å²) in [6.07, 6.45) is 8.07. The van der Waals surface area contributed by atoms with E-state index < -0.39 is 0 Å². The highest BCUT2D eigenvalue weighted by Crippen LogP contribution is 2.15. The van der Waals surface area contributed by atoms with Crippen LogP contribution in [0.5, 0.6) is 0 Å². The fourth-order valence-electron chi connectivity index (χ4n) is 1.88. The molecule has 1 heterocycles. The monoisotopic (exact) mass is 251 g/mol. The number of nitrogens with one attached hydrogen (secondary N) is 1. The first-order valence-electron chi connectivity index (χ1n) is 6.85. The van der Waals surface area contributed by atoms with Crippen LogP contribution in [0.15, 0.2) is 18.5 Å². The third-order valence-electron chi connectivity index (χ3n) is 2.98. The van der Waals surface area contributed by atoms with E-state index in [-0.39, 0.29) is 11.9 Å². The zero-order valence-electron chi connectivity index (χ0n) is 11.5. The fourth-order valence-corrected chi connectivity index (χ4v) is 1.88. The maximum Gasteiger partial charge on any atom is 0.239 e. The molecule has 1 rings (SSSR count). The second kappa shape index (κ2) is 7.93. The fraction of sp³-hybridized carbons (Fsp3) is 0.643. The van der Waals surface area contributed by atoms with Gasteiger partial charge in [0.05, 0.1) is 0 Å². The van der Waals surface area contributed by atoms with Crippen molar-refractivity contribution in [3.05, 3.63) is 24.0 Å². The normalized spacial score (nSPS) is 12.4. The quantitative estimate of drug-likeness (QED) is 0.696. The van der Waals surface area contributed by atoms with Gasteiger partial charge in [-0.1, -0.05) is 26.7 Å². The molecule has 0 fully saturated rings. The van der Waals surface area contributed by atoms with Gasteiger partial charge in [0.1, 0.15) is 6.54 Å². The lowest BCUT2D eigenvalue weighted by Gasteiger charge is -2.08. The number of hydrogen-bond donors (Lipinski definition) is 2. The molecule has 18 heavy (non-hydrogen) atoms. The van der Waals surface area contributed by atoms with Gasteiger partial charge in [-0.15, -0.1) is 0 Å². The van der Waals surface area contributed by atoms with Crippen LogP contribution in [0.25, 0.3) is 0 Å². The lowest BCUT2D eigenvalue weighted by atomic mass is 10.1. The summed E-state index contributed by atoms with van der Waals surface area (Å²) in [5, 5.41) is 2.90. The van der Waals surface area contributed by atoms with E-state index in [1.165, 1.54) is 0 Å². The van der Waals surface area contributed by atoms with Gasteiger partial charge in [-0.25, -0.2) is 0 Å². The average molecular weight is 251 g/mol. The highest BCUT2D eigenvalue weighted by Gasteiger charge is 2.08. The van der Waals surface area contributed by atoms with Crippen molar-refractivity contribution in [2.24, 2.45) is 5.73 Å². The van der Waals surface area contributed by atoms with Crippen LogP contribution in [0.3, 0.4) is 0 Å². The van der Waals surface area contributed by atoms with Crippen LogP contribution < -0.4 is 11.1 Å². The number of carbonyl (C=O) groups is 1. The Kier molecular flexibility index (Phi) is 6.50. The highest BCUT2D eigenvalue weighted by atomic mass is 16.1. The van der Waals surface area contributed by atoms with Crippen LogP contribution in [0.2, 0.25) is 0 Å². The van der Waals surface area contributed by atoms with Crippen molar-refractivity contribution in [3.63, 3.8) is 0 Å². The molecule has 1 aromatic heterocycles. The molecule has 0 saturated carbocycles.